The van der Waals surface area contributed by atoms with E-state index in [1.807, 2.05) is 31.2 Å². The smallest absolute Gasteiger partial charge is 0.238 e. The first-order chi connectivity index (χ1) is 13.5. The fourth-order valence-electron chi connectivity index (χ4n) is 2.80. The molecule has 2 rings (SSSR count). The zero-order valence-electron chi connectivity index (χ0n) is 16.7. The van der Waals surface area contributed by atoms with E-state index in [9.17, 15) is 9.59 Å². The molecule has 0 spiro atoms. The van der Waals surface area contributed by atoms with Crippen LogP contribution in [-0.2, 0) is 16.0 Å². The number of para-hydroxylation sites is 1. The van der Waals surface area contributed by atoms with Crippen molar-refractivity contribution in [2.24, 2.45) is 0 Å². The van der Waals surface area contributed by atoms with Crippen LogP contribution in [0.5, 0.6) is 11.5 Å². The molecule has 2 aromatic carbocycles. The van der Waals surface area contributed by atoms with E-state index in [1.165, 1.54) is 7.11 Å². The molecule has 0 heterocycles. The van der Waals surface area contributed by atoms with E-state index in [0.717, 1.165) is 17.7 Å². The second kappa shape index (κ2) is 10.3. The van der Waals surface area contributed by atoms with E-state index in [2.05, 4.69) is 10.6 Å². The summed E-state index contributed by atoms with van der Waals surface area (Å²) >= 11 is 0. The van der Waals surface area contributed by atoms with Crippen molar-refractivity contribution in [2.75, 3.05) is 45.0 Å². The van der Waals surface area contributed by atoms with Crippen molar-refractivity contribution in [1.82, 2.24) is 4.90 Å². The third-order valence-corrected chi connectivity index (χ3v) is 4.17. The molecule has 2 N–H and O–H groups in total. The summed E-state index contributed by atoms with van der Waals surface area (Å²) in [4.78, 5) is 26.2. The lowest BCUT2D eigenvalue weighted by atomic mass is 10.1. The number of amides is 2. The van der Waals surface area contributed by atoms with Gasteiger partial charge < -0.3 is 20.1 Å². The van der Waals surface area contributed by atoms with Crippen molar-refractivity contribution in [3.63, 3.8) is 0 Å². The van der Waals surface area contributed by atoms with Gasteiger partial charge in [-0.3, -0.25) is 14.5 Å². The molecule has 2 amide bonds. The van der Waals surface area contributed by atoms with Crippen LogP contribution in [0.4, 0.5) is 11.4 Å². The number of nitrogens with zero attached hydrogens (tertiary/aromatic N) is 1. The lowest BCUT2D eigenvalue weighted by molar-refractivity contribution is -0.119. The van der Waals surface area contributed by atoms with E-state index in [1.54, 1.807) is 37.3 Å². The predicted molar refractivity (Wildman–Crippen MR) is 110 cm³/mol. The highest BCUT2D eigenvalue weighted by Gasteiger charge is 2.13. The molecule has 0 saturated carbocycles. The molecule has 7 heteroatoms. The fourth-order valence-corrected chi connectivity index (χ4v) is 2.80. The summed E-state index contributed by atoms with van der Waals surface area (Å²) in [6, 6.07) is 12.8. The molecular formula is C21H27N3O4. The Kier molecular flexibility index (Phi) is 7.83. The van der Waals surface area contributed by atoms with Crippen molar-refractivity contribution in [3.05, 3.63) is 48.0 Å². The highest BCUT2D eigenvalue weighted by molar-refractivity contribution is 5.95. The maximum absolute atomic E-state index is 12.3. The van der Waals surface area contributed by atoms with E-state index in [-0.39, 0.29) is 24.9 Å². The quantitative estimate of drug-likeness (QED) is 0.694. The van der Waals surface area contributed by atoms with Crippen LogP contribution in [-0.4, -0.2) is 51.1 Å². The SMILES string of the molecule is CCc1ccccc1NC(=O)CN(C)CC(=O)Nc1ccc(OC)c(OC)c1. The van der Waals surface area contributed by atoms with Gasteiger partial charge in [0.15, 0.2) is 11.5 Å². The van der Waals surface area contributed by atoms with Crippen molar-refractivity contribution < 1.29 is 19.1 Å². The van der Waals surface area contributed by atoms with E-state index >= 15 is 0 Å². The van der Waals surface area contributed by atoms with Crippen LogP contribution >= 0.6 is 0 Å². The molecule has 0 fully saturated rings. The Balaban J connectivity index is 1.87. The Morgan fingerprint density at radius 1 is 0.929 bits per heavy atom. The molecule has 0 aromatic heterocycles. The van der Waals surface area contributed by atoms with Crippen LogP contribution in [0.25, 0.3) is 0 Å². The minimum Gasteiger partial charge on any atom is -0.493 e. The van der Waals surface area contributed by atoms with Crippen LogP contribution in [0.15, 0.2) is 42.5 Å². The van der Waals surface area contributed by atoms with Crippen molar-refractivity contribution in [1.29, 1.82) is 0 Å². The number of aryl methyl sites for hydroxylation is 1. The van der Waals surface area contributed by atoms with Crippen LogP contribution in [0.1, 0.15) is 12.5 Å². The van der Waals surface area contributed by atoms with E-state index < -0.39 is 0 Å². The fraction of sp³-hybridized carbons (Fsp3) is 0.333. The average molecular weight is 385 g/mol. The van der Waals surface area contributed by atoms with Gasteiger partial charge in [-0.1, -0.05) is 25.1 Å². The van der Waals surface area contributed by atoms with Gasteiger partial charge in [-0.2, -0.15) is 0 Å². The van der Waals surface area contributed by atoms with Crippen LogP contribution in [0, 0.1) is 0 Å². The summed E-state index contributed by atoms with van der Waals surface area (Å²) in [6.07, 6.45) is 0.833. The number of anilines is 2. The number of nitrogens with one attached hydrogen (secondary N) is 2. The van der Waals surface area contributed by atoms with Gasteiger partial charge in [0.2, 0.25) is 11.8 Å². The minimum absolute atomic E-state index is 0.0805. The Hall–Kier alpha value is -3.06. The van der Waals surface area contributed by atoms with Crippen LogP contribution in [0.2, 0.25) is 0 Å². The Morgan fingerprint density at radius 2 is 1.57 bits per heavy atom. The molecule has 0 saturated heterocycles. The van der Waals surface area contributed by atoms with E-state index in [0.29, 0.717) is 17.2 Å². The highest BCUT2D eigenvalue weighted by Crippen LogP contribution is 2.29. The number of rotatable bonds is 9. The average Bonchev–Trinajstić information content (AvgIpc) is 2.67. The van der Waals surface area contributed by atoms with Gasteiger partial charge in [0.05, 0.1) is 27.3 Å². The molecule has 7 nitrogen and oxygen atoms in total. The zero-order valence-corrected chi connectivity index (χ0v) is 16.7. The molecule has 28 heavy (non-hydrogen) atoms. The topological polar surface area (TPSA) is 79.9 Å². The highest BCUT2D eigenvalue weighted by atomic mass is 16.5. The van der Waals surface area contributed by atoms with Crippen LogP contribution < -0.4 is 20.1 Å². The number of carbonyl (C=O) groups excluding carboxylic acids is 2. The summed E-state index contributed by atoms with van der Waals surface area (Å²) in [5.74, 6) is 0.725. The Labute approximate surface area is 165 Å². The molecule has 0 radical (unpaired) electrons. The third kappa shape index (κ3) is 5.99. The van der Waals surface area contributed by atoms with Gasteiger partial charge in [0.25, 0.3) is 0 Å². The van der Waals surface area contributed by atoms with Crippen LogP contribution in [0.3, 0.4) is 0 Å². The van der Waals surface area contributed by atoms with Gasteiger partial charge in [-0.15, -0.1) is 0 Å². The number of hydrogen-bond acceptors (Lipinski definition) is 5. The molecule has 150 valence electrons. The summed E-state index contributed by atoms with van der Waals surface area (Å²) in [5, 5.41) is 5.69. The summed E-state index contributed by atoms with van der Waals surface area (Å²) in [5.41, 5.74) is 2.47. The maximum Gasteiger partial charge on any atom is 0.238 e. The van der Waals surface area contributed by atoms with Gasteiger partial charge in [0.1, 0.15) is 0 Å². The van der Waals surface area contributed by atoms with Gasteiger partial charge in [-0.05, 0) is 37.2 Å². The van der Waals surface area contributed by atoms with E-state index in [4.69, 9.17) is 9.47 Å². The normalized spacial score (nSPS) is 10.5. The second-order valence-electron chi connectivity index (χ2n) is 6.35. The minimum atomic E-state index is -0.225. The summed E-state index contributed by atoms with van der Waals surface area (Å²) in [6.45, 7) is 2.23. The molecule has 0 bridgehead atoms. The number of ether oxygens (including phenoxy) is 2. The first-order valence-corrected chi connectivity index (χ1v) is 9.05. The Morgan fingerprint density at radius 3 is 2.21 bits per heavy atom. The first kappa shape index (κ1) is 21.2. The lowest BCUT2D eigenvalue weighted by Crippen LogP contribution is -2.36. The van der Waals surface area contributed by atoms with Gasteiger partial charge >= 0.3 is 0 Å². The first-order valence-electron chi connectivity index (χ1n) is 9.05. The summed E-state index contributed by atoms with van der Waals surface area (Å²) < 4.78 is 10.4. The number of carbonyl (C=O) groups is 2. The van der Waals surface area contributed by atoms with Gasteiger partial charge in [0, 0.05) is 17.4 Å². The molecule has 2 aromatic rings. The molecule has 0 atom stereocenters. The maximum atomic E-state index is 12.3. The predicted octanol–water partition coefficient (Wildman–Crippen LogP) is 2.78. The number of methoxy groups -OCH3 is 2. The largest absolute Gasteiger partial charge is 0.493 e. The van der Waals surface area contributed by atoms with Crippen molar-refractivity contribution in [3.8, 4) is 11.5 Å². The molecular weight excluding hydrogens is 358 g/mol. The lowest BCUT2D eigenvalue weighted by Gasteiger charge is -2.17. The van der Waals surface area contributed by atoms with Crippen molar-refractivity contribution >= 4 is 23.2 Å². The monoisotopic (exact) mass is 385 g/mol. The van der Waals surface area contributed by atoms with Gasteiger partial charge in [-0.25, -0.2) is 0 Å². The third-order valence-electron chi connectivity index (χ3n) is 4.17. The number of benzene rings is 2. The van der Waals surface area contributed by atoms with Crippen molar-refractivity contribution in [2.45, 2.75) is 13.3 Å². The number of hydrogen-bond donors (Lipinski definition) is 2. The molecule has 0 aliphatic heterocycles. The molecule has 0 unspecified atom stereocenters. The Bertz CT molecular complexity index is 823. The zero-order chi connectivity index (χ0) is 20.5. The molecule has 0 aliphatic carbocycles. The second-order valence-corrected chi connectivity index (χ2v) is 6.35. The standard InChI is InChI=1S/C21H27N3O4/c1-5-15-8-6-7-9-17(15)23-21(26)14-24(2)13-20(25)22-16-10-11-18(27-3)19(12-16)28-4/h6-12H,5,13-14H2,1-4H3,(H,22,25)(H,23,26). The summed E-state index contributed by atoms with van der Waals surface area (Å²) in [7, 11) is 4.81. The number of likely N-dealkylation sites (N-methyl/N-ethyl adjacent to an activating group) is 1. The molecule has 0 aliphatic rings.